The van der Waals surface area contributed by atoms with Crippen LogP contribution in [0.2, 0.25) is 0 Å². The van der Waals surface area contributed by atoms with Crippen LogP contribution in [-0.4, -0.2) is 33.2 Å². The molecule has 1 rings (SSSR count). The molecule has 0 aliphatic heterocycles. The molecule has 5 heteroatoms. The highest BCUT2D eigenvalue weighted by atomic mass is 16.7. The van der Waals surface area contributed by atoms with Crippen LogP contribution in [-0.2, 0) is 20.8 Å². The number of ether oxygens (including phenoxy) is 3. The van der Waals surface area contributed by atoms with Gasteiger partial charge in [-0.05, 0) is 5.56 Å². The van der Waals surface area contributed by atoms with Gasteiger partial charge in [0.05, 0.1) is 0 Å². The van der Waals surface area contributed by atoms with E-state index in [4.69, 9.17) is 14.2 Å². The predicted molar refractivity (Wildman–Crippen MR) is 62.4 cm³/mol. The van der Waals surface area contributed by atoms with Gasteiger partial charge in [0.15, 0.2) is 6.29 Å². The van der Waals surface area contributed by atoms with Gasteiger partial charge in [0.25, 0.3) is 0 Å². The van der Waals surface area contributed by atoms with Gasteiger partial charge < -0.3 is 19.5 Å². The van der Waals surface area contributed by atoms with Crippen LogP contribution in [0, 0.1) is 0 Å². The van der Waals surface area contributed by atoms with E-state index in [0.29, 0.717) is 6.54 Å². The second-order valence-electron chi connectivity index (χ2n) is 3.34. The van der Waals surface area contributed by atoms with Gasteiger partial charge in [-0.15, -0.1) is 0 Å². The van der Waals surface area contributed by atoms with Crippen LogP contribution in [0.1, 0.15) is 5.56 Å². The first-order chi connectivity index (χ1) is 8.26. The molecule has 0 aromatic heterocycles. The molecule has 0 saturated carbocycles. The lowest BCUT2D eigenvalue weighted by Crippen LogP contribution is -2.29. The van der Waals surface area contributed by atoms with Crippen LogP contribution < -0.4 is 5.32 Å². The van der Waals surface area contributed by atoms with Crippen molar-refractivity contribution in [3.05, 3.63) is 35.9 Å². The normalized spacial score (nSPS) is 10.3. The molecule has 5 nitrogen and oxygen atoms in total. The van der Waals surface area contributed by atoms with Crippen LogP contribution in [0.15, 0.2) is 30.3 Å². The fourth-order valence-electron chi connectivity index (χ4n) is 1.20. The Hall–Kier alpha value is -1.59. The zero-order valence-corrected chi connectivity index (χ0v) is 10.0. The highest BCUT2D eigenvalue weighted by molar-refractivity contribution is 5.67. The third-order valence-electron chi connectivity index (χ3n) is 2.16. The van der Waals surface area contributed by atoms with E-state index >= 15 is 0 Å². The third kappa shape index (κ3) is 5.33. The van der Waals surface area contributed by atoms with E-state index in [9.17, 15) is 4.79 Å². The van der Waals surface area contributed by atoms with Crippen LogP contribution in [0.5, 0.6) is 0 Å². The maximum Gasteiger partial charge on any atom is 0.407 e. The molecule has 0 aliphatic rings. The van der Waals surface area contributed by atoms with Gasteiger partial charge in [0.2, 0.25) is 0 Å². The summed E-state index contributed by atoms with van der Waals surface area (Å²) < 4.78 is 14.7. The quantitative estimate of drug-likeness (QED) is 0.765. The third-order valence-corrected chi connectivity index (χ3v) is 2.16. The van der Waals surface area contributed by atoms with E-state index in [2.05, 4.69) is 5.32 Å². The second kappa shape index (κ2) is 7.65. The van der Waals surface area contributed by atoms with Gasteiger partial charge in [0.1, 0.15) is 6.61 Å². The summed E-state index contributed by atoms with van der Waals surface area (Å²) in [6.45, 7) is 0.498. The molecular weight excluding hydrogens is 222 g/mol. The summed E-state index contributed by atoms with van der Waals surface area (Å²) >= 11 is 0. The van der Waals surface area contributed by atoms with Crippen molar-refractivity contribution in [1.29, 1.82) is 0 Å². The second-order valence-corrected chi connectivity index (χ2v) is 3.34. The molecule has 1 aromatic carbocycles. The molecule has 1 N–H and O–H groups in total. The summed E-state index contributed by atoms with van der Waals surface area (Å²) in [7, 11) is 2.97. The molecule has 17 heavy (non-hydrogen) atoms. The van der Waals surface area contributed by atoms with Crippen LogP contribution in [0.25, 0.3) is 0 Å². The van der Waals surface area contributed by atoms with Crippen molar-refractivity contribution in [2.24, 2.45) is 0 Å². The largest absolute Gasteiger partial charge is 0.444 e. The number of carbonyl (C=O) groups is 1. The topological polar surface area (TPSA) is 56.8 Å². The number of hydrogen-bond acceptors (Lipinski definition) is 4. The summed E-state index contributed by atoms with van der Waals surface area (Å²) in [6, 6.07) is 9.59. The first-order valence-electron chi connectivity index (χ1n) is 5.26. The molecule has 0 radical (unpaired) electrons. The predicted octanol–water partition coefficient (Wildman–Crippen LogP) is 1.53. The Morgan fingerprint density at radius 2 is 1.88 bits per heavy atom. The maximum absolute atomic E-state index is 11.3. The molecule has 0 heterocycles. The summed E-state index contributed by atoms with van der Waals surface area (Å²) in [5.41, 5.74) is 1.01. The van der Waals surface area contributed by atoms with Gasteiger partial charge in [-0.1, -0.05) is 30.3 Å². The molecule has 0 bridgehead atoms. The number of benzene rings is 1. The molecule has 0 aliphatic carbocycles. The molecule has 1 aromatic rings. The smallest absolute Gasteiger partial charge is 0.407 e. The van der Waals surface area contributed by atoms with Gasteiger partial charge in [-0.25, -0.2) is 4.79 Å². The number of alkyl carbamates (subject to hydrolysis) is 1. The van der Waals surface area contributed by atoms with Crippen molar-refractivity contribution in [2.75, 3.05) is 20.8 Å². The highest BCUT2D eigenvalue weighted by Crippen LogP contribution is 1.98. The number of amides is 1. The molecular formula is C12H17NO4. The van der Waals surface area contributed by atoms with E-state index < -0.39 is 12.4 Å². The fourth-order valence-corrected chi connectivity index (χ4v) is 1.20. The average Bonchev–Trinajstić information content (AvgIpc) is 2.39. The number of carbonyl (C=O) groups excluding carboxylic acids is 1. The zero-order valence-electron chi connectivity index (χ0n) is 10.0. The number of rotatable bonds is 6. The lowest BCUT2D eigenvalue weighted by Gasteiger charge is -2.13. The molecule has 0 saturated heterocycles. The number of nitrogens with one attached hydrogen (secondary N) is 1. The number of hydrogen-bond donors (Lipinski definition) is 1. The van der Waals surface area contributed by atoms with Crippen molar-refractivity contribution in [3.8, 4) is 0 Å². The monoisotopic (exact) mass is 239 g/mol. The van der Waals surface area contributed by atoms with Crippen molar-refractivity contribution in [3.63, 3.8) is 0 Å². The standard InChI is InChI=1S/C12H17NO4/c1-15-11(16-2)9-17-12(14)13-8-10-6-4-3-5-7-10/h3-7,11H,8-9H2,1-2H3,(H,13,14). The summed E-state index contributed by atoms with van der Waals surface area (Å²) in [4.78, 5) is 11.3. The van der Waals surface area contributed by atoms with E-state index in [1.165, 1.54) is 14.2 Å². The Kier molecular flexibility index (Phi) is 6.06. The Morgan fingerprint density at radius 1 is 1.24 bits per heavy atom. The van der Waals surface area contributed by atoms with Crippen LogP contribution in [0.3, 0.4) is 0 Å². The van der Waals surface area contributed by atoms with Crippen molar-refractivity contribution in [2.45, 2.75) is 12.8 Å². The lowest BCUT2D eigenvalue weighted by molar-refractivity contribution is -0.128. The maximum atomic E-state index is 11.3. The zero-order chi connectivity index (χ0) is 12.5. The van der Waals surface area contributed by atoms with Gasteiger partial charge in [0, 0.05) is 20.8 Å². The Balaban J connectivity index is 2.22. The minimum atomic E-state index is -0.530. The average molecular weight is 239 g/mol. The van der Waals surface area contributed by atoms with Gasteiger partial charge >= 0.3 is 6.09 Å². The molecule has 0 atom stereocenters. The molecule has 0 fully saturated rings. The number of methoxy groups -OCH3 is 2. The van der Waals surface area contributed by atoms with E-state index in [1.807, 2.05) is 30.3 Å². The van der Waals surface area contributed by atoms with E-state index in [-0.39, 0.29) is 6.61 Å². The summed E-state index contributed by atoms with van der Waals surface area (Å²) in [6.07, 6.45) is -1.02. The highest BCUT2D eigenvalue weighted by Gasteiger charge is 2.08. The summed E-state index contributed by atoms with van der Waals surface area (Å²) in [5.74, 6) is 0. The molecule has 0 unspecified atom stereocenters. The first kappa shape index (κ1) is 13.5. The lowest BCUT2D eigenvalue weighted by atomic mass is 10.2. The van der Waals surface area contributed by atoms with E-state index in [0.717, 1.165) is 5.56 Å². The summed E-state index contributed by atoms with van der Waals surface area (Å²) in [5, 5.41) is 2.63. The van der Waals surface area contributed by atoms with Crippen LogP contribution >= 0.6 is 0 Å². The van der Waals surface area contributed by atoms with Crippen molar-refractivity contribution in [1.82, 2.24) is 5.32 Å². The van der Waals surface area contributed by atoms with Gasteiger partial charge in [-0.3, -0.25) is 0 Å². The van der Waals surface area contributed by atoms with E-state index in [1.54, 1.807) is 0 Å². The minimum Gasteiger partial charge on any atom is -0.444 e. The fraction of sp³-hybridized carbons (Fsp3) is 0.417. The Labute approximate surface area is 101 Å². The van der Waals surface area contributed by atoms with Crippen molar-refractivity contribution >= 4 is 6.09 Å². The molecule has 1 amide bonds. The Bertz CT molecular complexity index is 325. The first-order valence-corrected chi connectivity index (χ1v) is 5.26. The van der Waals surface area contributed by atoms with Gasteiger partial charge in [-0.2, -0.15) is 0 Å². The van der Waals surface area contributed by atoms with Crippen LogP contribution in [0.4, 0.5) is 4.79 Å². The SMILES string of the molecule is COC(COC(=O)NCc1ccccc1)OC. The van der Waals surface area contributed by atoms with Crippen molar-refractivity contribution < 1.29 is 19.0 Å². The molecule has 0 spiro atoms. The molecule has 94 valence electrons. The Morgan fingerprint density at radius 3 is 2.47 bits per heavy atom. The minimum absolute atomic E-state index is 0.0631.